The van der Waals surface area contributed by atoms with Gasteiger partial charge in [-0.05, 0) is 44.4 Å². The van der Waals surface area contributed by atoms with Crippen molar-refractivity contribution in [1.82, 2.24) is 34.5 Å². The first-order valence-corrected chi connectivity index (χ1v) is 20.2. The molecule has 1 aromatic heterocycles. The van der Waals surface area contributed by atoms with Crippen LogP contribution in [0.5, 0.6) is 0 Å². The fourth-order valence-corrected chi connectivity index (χ4v) is 9.30. The summed E-state index contributed by atoms with van der Waals surface area (Å²) in [5, 5.41) is 22.0. The standard InChI is InChI=1S/C33H46F3N7O5S2/c1-50(47,48)41-15-9-28-26(21-41)31(39-43(28)20-25(44)19-40-13-7-24(8-14-40)42-12-2-3-30(42)45)22-4-5-27(33(34,35)36)29(17-22)49-16-11-38-32(46)23-6-10-37-18-23/h4-5,17,23-25,37,44H,2-3,6-16,18-21H2,1H3,(H,38,46). The lowest BCUT2D eigenvalue weighted by Crippen LogP contribution is -2.47. The normalized spacial score (nSPS) is 21.9. The van der Waals surface area contributed by atoms with Crippen molar-refractivity contribution in [2.45, 2.75) is 74.8 Å². The number of aromatic nitrogens is 2. The van der Waals surface area contributed by atoms with E-state index in [4.69, 9.17) is 5.10 Å². The van der Waals surface area contributed by atoms with Gasteiger partial charge in [-0.15, -0.1) is 11.8 Å². The minimum Gasteiger partial charge on any atom is -0.390 e. The highest BCUT2D eigenvalue weighted by molar-refractivity contribution is 7.99. The van der Waals surface area contributed by atoms with Gasteiger partial charge in [-0.3, -0.25) is 14.3 Å². The topological polar surface area (TPSA) is 140 Å². The average molecular weight is 742 g/mol. The van der Waals surface area contributed by atoms with E-state index in [2.05, 4.69) is 15.5 Å². The molecule has 2 aromatic rings. The van der Waals surface area contributed by atoms with Crippen molar-refractivity contribution < 1.29 is 36.3 Å². The van der Waals surface area contributed by atoms with Crippen molar-refractivity contribution in [1.29, 1.82) is 0 Å². The lowest BCUT2D eigenvalue weighted by atomic mass is 10.0. The molecule has 4 aliphatic heterocycles. The Morgan fingerprint density at radius 2 is 1.92 bits per heavy atom. The number of hydrogen-bond acceptors (Lipinski definition) is 9. The zero-order valence-corrected chi connectivity index (χ0v) is 29.9. The van der Waals surface area contributed by atoms with Crippen LogP contribution in [0.25, 0.3) is 11.3 Å². The quantitative estimate of drug-likeness (QED) is 0.221. The molecule has 3 saturated heterocycles. The number of piperidine rings is 1. The van der Waals surface area contributed by atoms with Crippen molar-refractivity contribution in [2.24, 2.45) is 5.92 Å². The van der Waals surface area contributed by atoms with E-state index in [0.29, 0.717) is 42.8 Å². The van der Waals surface area contributed by atoms with E-state index < -0.39 is 27.9 Å². The first kappa shape index (κ1) is 37.1. The van der Waals surface area contributed by atoms with Crippen LogP contribution in [0.3, 0.4) is 0 Å². The summed E-state index contributed by atoms with van der Waals surface area (Å²) in [6.07, 6.45) is 0.0130. The minimum atomic E-state index is -4.60. The van der Waals surface area contributed by atoms with E-state index in [1.165, 1.54) is 16.4 Å². The molecular weight excluding hydrogens is 696 g/mol. The van der Waals surface area contributed by atoms with Crippen LogP contribution in [-0.4, -0.2) is 126 Å². The van der Waals surface area contributed by atoms with Gasteiger partial charge in [-0.1, -0.05) is 6.07 Å². The smallest absolute Gasteiger partial charge is 0.390 e. The van der Waals surface area contributed by atoms with Crippen molar-refractivity contribution in [2.75, 3.05) is 64.4 Å². The summed E-state index contributed by atoms with van der Waals surface area (Å²) >= 11 is 0.996. The van der Waals surface area contributed by atoms with Crippen LogP contribution < -0.4 is 10.6 Å². The molecule has 1 aromatic carbocycles. The van der Waals surface area contributed by atoms with Crippen LogP contribution >= 0.6 is 11.8 Å². The molecular formula is C33H46F3N7O5S2. The molecule has 3 N–H and O–H groups in total. The van der Waals surface area contributed by atoms with Crippen LogP contribution in [0.4, 0.5) is 13.2 Å². The molecule has 6 rings (SSSR count). The first-order chi connectivity index (χ1) is 23.8. The van der Waals surface area contributed by atoms with Gasteiger partial charge in [-0.2, -0.15) is 22.6 Å². The summed E-state index contributed by atoms with van der Waals surface area (Å²) in [7, 11) is -3.55. The number of benzene rings is 1. The van der Waals surface area contributed by atoms with Gasteiger partial charge in [-0.25, -0.2) is 8.42 Å². The van der Waals surface area contributed by atoms with E-state index in [-0.39, 0.29) is 60.6 Å². The number of aliphatic hydroxyl groups excluding tert-OH is 1. The van der Waals surface area contributed by atoms with E-state index in [9.17, 15) is 36.3 Å². The number of rotatable bonds is 12. The Labute approximate surface area is 295 Å². The SMILES string of the molecule is CS(=O)(=O)N1CCc2c(c(-c3ccc(C(F)(F)F)c(SCCNC(=O)C4CCNC4)c3)nn2CC(O)CN2CCC(N3CCCC3=O)CC2)C1. The number of sulfonamides is 1. The molecule has 4 aliphatic rings. The molecule has 0 spiro atoms. The van der Waals surface area contributed by atoms with Gasteiger partial charge < -0.3 is 25.5 Å². The number of hydrogen-bond donors (Lipinski definition) is 3. The molecule has 2 amide bonds. The Balaban J connectivity index is 1.19. The van der Waals surface area contributed by atoms with Crippen molar-refractivity contribution in [3.63, 3.8) is 0 Å². The van der Waals surface area contributed by atoms with Gasteiger partial charge in [0.25, 0.3) is 0 Å². The maximum absolute atomic E-state index is 14.1. The van der Waals surface area contributed by atoms with Crippen molar-refractivity contribution in [3.05, 3.63) is 35.0 Å². The third kappa shape index (κ3) is 8.66. The monoisotopic (exact) mass is 741 g/mol. The summed E-state index contributed by atoms with van der Waals surface area (Å²) < 4.78 is 70.4. The van der Waals surface area contributed by atoms with Gasteiger partial charge in [0.1, 0.15) is 0 Å². The van der Waals surface area contributed by atoms with E-state index in [1.807, 2.05) is 4.90 Å². The second kappa shape index (κ2) is 15.5. The zero-order chi connectivity index (χ0) is 35.6. The Morgan fingerprint density at radius 3 is 2.58 bits per heavy atom. The summed E-state index contributed by atoms with van der Waals surface area (Å²) in [5.41, 5.74) is 1.37. The predicted octanol–water partition coefficient (Wildman–Crippen LogP) is 2.15. The number of amides is 2. The van der Waals surface area contributed by atoms with Gasteiger partial charge >= 0.3 is 6.18 Å². The number of β-amino-alcohol motifs (C(OH)–C–C–N with tert-alkyl or cyclic N) is 1. The number of carbonyl (C=O) groups excluding carboxylic acids is 2. The lowest BCUT2D eigenvalue weighted by Gasteiger charge is -2.37. The molecule has 5 heterocycles. The van der Waals surface area contributed by atoms with Gasteiger partial charge in [0.2, 0.25) is 21.8 Å². The molecule has 50 heavy (non-hydrogen) atoms. The fraction of sp³-hybridized carbons (Fsp3) is 0.667. The number of carbonyl (C=O) groups is 2. The fourth-order valence-electron chi connectivity index (χ4n) is 7.54. The summed E-state index contributed by atoms with van der Waals surface area (Å²) in [6, 6.07) is 4.06. The molecule has 0 saturated carbocycles. The van der Waals surface area contributed by atoms with Crippen LogP contribution in [-0.2, 0) is 45.3 Å². The number of alkyl halides is 3. The molecule has 2 unspecified atom stereocenters. The van der Waals surface area contributed by atoms with Crippen LogP contribution in [0, 0.1) is 5.92 Å². The summed E-state index contributed by atoms with van der Waals surface area (Å²) in [6.45, 7) is 4.67. The maximum atomic E-state index is 14.1. The third-order valence-corrected chi connectivity index (χ3v) is 12.5. The molecule has 0 aliphatic carbocycles. The molecule has 0 radical (unpaired) electrons. The molecule has 2 atom stereocenters. The second-order valence-corrected chi connectivity index (χ2v) is 16.8. The highest BCUT2D eigenvalue weighted by Crippen LogP contribution is 2.40. The highest BCUT2D eigenvalue weighted by Gasteiger charge is 2.36. The Hall–Kier alpha value is -2.70. The highest BCUT2D eigenvalue weighted by atomic mass is 32.2. The minimum absolute atomic E-state index is 0.00933. The van der Waals surface area contributed by atoms with Crippen molar-refractivity contribution in [3.8, 4) is 11.3 Å². The number of thioether (sulfide) groups is 1. The Morgan fingerprint density at radius 1 is 1.14 bits per heavy atom. The maximum Gasteiger partial charge on any atom is 0.417 e. The predicted molar refractivity (Wildman–Crippen MR) is 183 cm³/mol. The van der Waals surface area contributed by atoms with Gasteiger partial charge in [0, 0.05) is 98.7 Å². The van der Waals surface area contributed by atoms with Crippen molar-refractivity contribution >= 4 is 33.6 Å². The zero-order valence-electron chi connectivity index (χ0n) is 28.3. The van der Waals surface area contributed by atoms with E-state index in [1.54, 1.807) is 4.68 Å². The van der Waals surface area contributed by atoms with Crippen LogP contribution in [0.1, 0.15) is 48.9 Å². The number of aliphatic hydroxyl groups is 1. The van der Waals surface area contributed by atoms with Gasteiger partial charge in [0.05, 0.1) is 36.1 Å². The number of likely N-dealkylation sites (tertiary alicyclic amines) is 2. The largest absolute Gasteiger partial charge is 0.417 e. The molecule has 3 fully saturated rings. The van der Waals surface area contributed by atoms with E-state index in [0.717, 1.165) is 81.6 Å². The summed E-state index contributed by atoms with van der Waals surface area (Å²) in [4.78, 5) is 28.7. The molecule has 12 nitrogen and oxygen atoms in total. The Bertz CT molecular complexity index is 1660. The third-order valence-electron chi connectivity index (χ3n) is 10.2. The summed E-state index contributed by atoms with van der Waals surface area (Å²) in [5.74, 6) is 0.194. The van der Waals surface area contributed by atoms with Crippen LogP contribution in [0.15, 0.2) is 23.1 Å². The Kier molecular flexibility index (Phi) is 11.5. The average Bonchev–Trinajstić information content (AvgIpc) is 3.83. The lowest BCUT2D eigenvalue weighted by molar-refractivity contribution is -0.139. The first-order valence-electron chi connectivity index (χ1n) is 17.3. The number of fused-ring (bicyclic) bond motifs is 1. The van der Waals surface area contributed by atoms with E-state index >= 15 is 0 Å². The molecule has 0 bridgehead atoms. The van der Waals surface area contributed by atoms with Crippen LogP contribution in [0.2, 0.25) is 0 Å². The van der Waals surface area contributed by atoms with Gasteiger partial charge in [0.15, 0.2) is 0 Å². The number of nitrogens with one attached hydrogen (secondary N) is 2. The molecule has 17 heteroatoms. The number of halogens is 3. The number of nitrogens with zero attached hydrogens (tertiary/aromatic N) is 5. The molecule has 276 valence electrons. The second-order valence-electron chi connectivity index (χ2n) is 13.7.